The third kappa shape index (κ3) is 4.19. The largest absolute Gasteiger partial charge is 0.495 e. The van der Waals surface area contributed by atoms with Crippen LogP contribution < -0.4 is 15.0 Å². The molecule has 1 fully saturated rings. The summed E-state index contributed by atoms with van der Waals surface area (Å²) in [5.74, 6) is -3.32. The highest BCUT2D eigenvalue weighted by Crippen LogP contribution is 2.56. The van der Waals surface area contributed by atoms with Crippen LogP contribution in [0.4, 0.5) is 23.4 Å². The van der Waals surface area contributed by atoms with Gasteiger partial charge >= 0.3 is 6.18 Å². The van der Waals surface area contributed by atoms with E-state index in [-0.39, 0.29) is 34.6 Å². The van der Waals surface area contributed by atoms with Crippen molar-refractivity contribution in [3.8, 4) is 11.4 Å². The van der Waals surface area contributed by atoms with E-state index in [0.29, 0.717) is 5.56 Å². The third-order valence-electron chi connectivity index (χ3n) is 6.00. The number of halogens is 4. The Kier molecular flexibility index (Phi) is 5.54. The van der Waals surface area contributed by atoms with E-state index in [0.717, 1.165) is 29.0 Å². The molecule has 13 heteroatoms. The fourth-order valence-corrected chi connectivity index (χ4v) is 5.28. The number of anilines is 1. The van der Waals surface area contributed by atoms with Crippen molar-refractivity contribution in [2.45, 2.75) is 23.4 Å². The zero-order valence-corrected chi connectivity index (χ0v) is 19.2. The number of alkyl halides is 3. The Bertz CT molecular complexity index is 1630. The zero-order chi connectivity index (χ0) is 25.8. The fourth-order valence-electron chi connectivity index (χ4n) is 4.19. The van der Waals surface area contributed by atoms with E-state index < -0.39 is 44.3 Å². The van der Waals surface area contributed by atoms with Crippen LogP contribution in [0.25, 0.3) is 16.6 Å². The van der Waals surface area contributed by atoms with E-state index >= 15 is 4.39 Å². The van der Waals surface area contributed by atoms with Crippen LogP contribution >= 0.6 is 0 Å². The van der Waals surface area contributed by atoms with Gasteiger partial charge in [-0.1, -0.05) is 11.2 Å². The highest BCUT2D eigenvalue weighted by Gasteiger charge is 2.56. The summed E-state index contributed by atoms with van der Waals surface area (Å²) < 4.78 is 92.6. The molecule has 1 aliphatic rings. The molecule has 5 rings (SSSR count). The molecule has 2 atom stereocenters. The molecule has 0 saturated heterocycles. The number of nitrogens with zero attached hydrogens (tertiary/aromatic N) is 2. The van der Waals surface area contributed by atoms with Crippen LogP contribution in [0.5, 0.6) is 5.75 Å². The van der Waals surface area contributed by atoms with Crippen LogP contribution in [0.2, 0.25) is 0 Å². The molecule has 188 valence electrons. The predicted molar refractivity (Wildman–Crippen MR) is 120 cm³/mol. The van der Waals surface area contributed by atoms with Gasteiger partial charge in [0.15, 0.2) is 5.82 Å². The van der Waals surface area contributed by atoms with Crippen LogP contribution in [0.1, 0.15) is 17.9 Å². The number of hydrogen-bond acceptors (Lipinski definition) is 6. The number of fused-ring (bicyclic) bond motifs is 1. The topological polar surface area (TPSA) is 103 Å². The molecule has 2 heterocycles. The number of pyridine rings is 1. The van der Waals surface area contributed by atoms with Crippen molar-refractivity contribution < 1.29 is 35.2 Å². The summed E-state index contributed by atoms with van der Waals surface area (Å²) >= 11 is 0. The lowest BCUT2D eigenvalue weighted by molar-refractivity contribution is -0.148. The van der Waals surface area contributed by atoms with Crippen molar-refractivity contribution in [1.29, 1.82) is 0 Å². The summed E-state index contributed by atoms with van der Waals surface area (Å²) in [6.07, 6.45) is -3.20. The number of hydrogen-bond donors (Lipinski definition) is 1. The molecular weight excluding hydrogens is 506 g/mol. The van der Waals surface area contributed by atoms with Gasteiger partial charge in [-0.3, -0.25) is 14.1 Å². The van der Waals surface area contributed by atoms with Crippen molar-refractivity contribution in [2.24, 2.45) is 5.92 Å². The molecular formula is C23H17F4N3O5S. The Balaban J connectivity index is 1.60. The second-order valence-electron chi connectivity index (χ2n) is 8.26. The fraction of sp³-hybridized carbons (Fsp3) is 0.217. The van der Waals surface area contributed by atoms with Gasteiger partial charge in [0.2, 0.25) is 0 Å². The molecule has 0 bridgehead atoms. The molecule has 0 amide bonds. The minimum absolute atomic E-state index is 0.0334. The number of rotatable bonds is 6. The van der Waals surface area contributed by atoms with Gasteiger partial charge in [-0.05, 0) is 42.2 Å². The highest BCUT2D eigenvalue weighted by molar-refractivity contribution is 7.92. The quantitative estimate of drug-likeness (QED) is 0.371. The van der Waals surface area contributed by atoms with E-state index in [2.05, 4.69) is 14.4 Å². The molecule has 2 aromatic heterocycles. The molecule has 4 aromatic rings. The lowest BCUT2D eigenvalue weighted by Crippen LogP contribution is -2.19. The van der Waals surface area contributed by atoms with Crippen LogP contribution in [0, 0.1) is 11.7 Å². The molecule has 1 aliphatic carbocycles. The molecule has 0 radical (unpaired) electrons. The van der Waals surface area contributed by atoms with Crippen molar-refractivity contribution >= 4 is 26.7 Å². The second-order valence-corrected chi connectivity index (χ2v) is 9.91. The van der Waals surface area contributed by atoms with E-state index in [1.54, 1.807) is 0 Å². The third-order valence-corrected chi connectivity index (χ3v) is 7.37. The summed E-state index contributed by atoms with van der Waals surface area (Å²) in [7, 11) is -3.08. The Hall–Kier alpha value is -3.87. The van der Waals surface area contributed by atoms with E-state index in [1.165, 1.54) is 37.4 Å². The van der Waals surface area contributed by atoms with Crippen molar-refractivity contribution in [2.75, 3.05) is 11.8 Å². The minimum Gasteiger partial charge on any atom is -0.495 e. The molecule has 2 aromatic carbocycles. The van der Waals surface area contributed by atoms with Gasteiger partial charge in [0.25, 0.3) is 15.6 Å². The molecule has 0 aliphatic heterocycles. The number of ether oxygens (including phenoxy) is 1. The monoisotopic (exact) mass is 523 g/mol. The van der Waals surface area contributed by atoms with Crippen LogP contribution in [0.15, 0.2) is 69.0 Å². The van der Waals surface area contributed by atoms with Gasteiger partial charge in [-0.2, -0.15) is 13.2 Å². The second kappa shape index (κ2) is 8.36. The predicted octanol–water partition coefficient (Wildman–Crippen LogP) is 4.59. The highest BCUT2D eigenvalue weighted by atomic mass is 32.2. The number of nitrogens with one attached hydrogen (secondary N) is 1. The maximum Gasteiger partial charge on any atom is 0.392 e. The molecule has 1 N–H and O–H groups in total. The van der Waals surface area contributed by atoms with Gasteiger partial charge in [0.1, 0.15) is 22.7 Å². The Labute approximate surface area is 201 Å². The summed E-state index contributed by atoms with van der Waals surface area (Å²) in [6.45, 7) is 0. The summed E-state index contributed by atoms with van der Waals surface area (Å²) in [5.41, 5.74) is 0.0244. The Morgan fingerprint density at radius 2 is 1.92 bits per heavy atom. The number of benzene rings is 2. The lowest BCUT2D eigenvalue weighted by atomic mass is 10.1. The first-order valence-corrected chi connectivity index (χ1v) is 12.0. The van der Waals surface area contributed by atoms with Crippen molar-refractivity contribution in [3.63, 3.8) is 0 Å². The zero-order valence-electron chi connectivity index (χ0n) is 18.4. The summed E-state index contributed by atoms with van der Waals surface area (Å²) in [5, 5.41) is 3.65. The maximum absolute atomic E-state index is 15.1. The van der Waals surface area contributed by atoms with Crippen LogP contribution in [-0.4, -0.2) is 31.4 Å². The molecule has 36 heavy (non-hydrogen) atoms. The number of sulfonamides is 1. The minimum atomic E-state index is -4.38. The molecule has 0 spiro atoms. The standard InChI is InChI=1S/C23H17F4N3O5S/c1-34-19-8-12(14-10-15(14)23(25,26)27)2-4-17(19)30-18-11-16(24)20(9-13(18)3-5-22(30)31)36(32,33)29-21-6-7-35-28-21/h2-9,11,14-15H,10H2,1H3,(H,28,29)/t14-,15+/m1/s1. The molecule has 0 unspecified atom stereocenters. The Morgan fingerprint density at radius 1 is 1.14 bits per heavy atom. The van der Waals surface area contributed by atoms with Crippen molar-refractivity contribution in [3.05, 3.63) is 76.5 Å². The van der Waals surface area contributed by atoms with Gasteiger partial charge < -0.3 is 9.26 Å². The van der Waals surface area contributed by atoms with Gasteiger partial charge in [0.05, 0.1) is 24.2 Å². The van der Waals surface area contributed by atoms with Gasteiger partial charge in [0, 0.05) is 23.6 Å². The normalized spacial score (nSPS) is 17.8. The SMILES string of the molecule is COc1cc([C@H]2C[C@@H]2C(F)(F)F)ccc1-n1c(=O)ccc2cc(S(=O)(=O)Nc3ccon3)c(F)cc21. The van der Waals surface area contributed by atoms with E-state index in [1.807, 2.05) is 0 Å². The first kappa shape index (κ1) is 23.9. The van der Waals surface area contributed by atoms with E-state index in [4.69, 9.17) is 4.74 Å². The lowest BCUT2D eigenvalue weighted by Gasteiger charge is -2.16. The first-order valence-electron chi connectivity index (χ1n) is 10.5. The van der Waals surface area contributed by atoms with Gasteiger partial charge in [-0.15, -0.1) is 0 Å². The summed E-state index contributed by atoms with van der Waals surface area (Å²) in [4.78, 5) is 12.1. The van der Waals surface area contributed by atoms with Crippen LogP contribution in [-0.2, 0) is 10.0 Å². The van der Waals surface area contributed by atoms with Crippen LogP contribution in [0.3, 0.4) is 0 Å². The smallest absolute Gasteiger partial charge is 0.392 e. The number of aromatic nitrogens is 2. The van der Waals surface area contributed by atoms with Gasteiger partial charge in [-0.25, -0.2) is 12.8 Å². The Morgan fingerprint density at radius 3 is 2.56 bits per heavy atom. The van der Waals surface area contributed by atoms with E-state index in [9.17, 15) is 26.4 Å². The first-order chi connectivity index (χ1) is 17.0. The average molecular weight is 523 g/mol. The summed E-state index contributed by atoms with van der Waals surface area (Å²) in [6, 6.07) is 10.0. The maximum atomic E-state index is 15.1. The molecule has 1 saturated carbocycles. The average Bonchev–Trinajstić information content (AvgIpc) is 3.49. The number of methoxy groups -OCH3 is 1. The molecule has 8 nitrogen and oxygen atoms in total. The van der Waals surface area contributed by atoms with Crippen molar-refractivity contribution in [1.82, 2.24) is 9.72 Å².